The Kier molecular flexibility index (Phi) is 5.85. The summed E-state index contributed by atoms with van der Waals surface area (Å²) in [5, 5.41) is 5.37. The zero-order valence-corrected chi connectivity index (χ0v) is 16.1. The van der Waals surface area contributed by atoms with Crippen LogP contribution in [0.5, 0.6) is 0 Å². The van der Waals surface area contributed by atoms with Crippen molar-refractivity contribution in [1.29, 1.82) is 0 Å². The average Bonchev–Trinajstić information content (AvgIpc) is 2.82. The van der Waals surface area contributed by atoms with Gasteiger partial charge in [-0.25, -0.2) is 4.79 Å². The number of rotatable bonds is 4. The maximum absolute atomic E-state index is 12.5. The van der Waals surface area contributed by atoms with Crippen LogP contribution in [0.2, 0.25) is 0 Å². The first-order valence-electron chi connectivity index (χ1n) is 10.0. The topological polar surface area (TPSA) is 81.8 Å². The SMILES string of the molecule is CC1(C)C(=O)NC(=O)N1CC(=O)NC1CCCN(C2CCCCCC2)C1. The number of likely N-dealkylation sites (tertiary alicyclic amines) is 1. The van der Waals surface area contributed by atoms with Crippen molar-refractivity contribution >= 4 is 17.8 Å². The number of urea groups is 1. The Hall–Kier alpha value is -1.63. The second-order valence-electron chi connectivity index (χ2n) is 8.45. The Morgan fingerprint density at radius 2 is 1.81 bits per heavy atom. The fraction of sp³-hybridized carbons (Fsp3) is 0.842. The lowest BCUT2D eigenvalue weighted by Gasteiger charge is -2.38. The maximum atomic E-state index is 12.5. The quantitative estimate of drug-likeness (QED) is 0.587. The summed E-state index contributed by atoms with van der Waals surface area (Å²) < 4.78 is 0. The molecule has 0 spiro atoms. The fourth-order valence-corrected chi connectivity index (χ4v) is 4.46. The summed E-state index contributed by atoms with van der Waals surface area (Å²) in [5.74, 6) is -0.539. The first kappa shape index (κ1) is 19.1. The molecule has 0 bridgehead atoms. The van der Waals surface area contributed by atoms with Crippen molar-refractivity contribution in [3.8, 4) is 0 Å². The van der Waals surface area contributed by atoms with Crippen LogP contribution in [0.4, 0.5) is 4.79 Å². The van der Waals surface area contributed by atoms with Gasteiger partial charge in [0, 0.05) is 18.6 Å². The molecule has 2 N–H and O–H groups in total. The number of amides is 4. The van der Waals surface area contributed by atoms with Crippen LogP contribution in [-0.2, 0) is 9.59 Å². The molecule has 7 nitrogen and oxygen atoms in total. The normalized spacial score (nSPS) is 27.9. The highest BCUT2D eigenvalue weighted by Crippen LogP contribution is 2.25. The summed E-state index contributed by atoms with van der Waals surface area (Å²) in [6, 6.07) is 0.293. The van der Waals surface area contributed by atoms with Crippen molar-refractivity contribution in [2.24, 2.45) is 0 Å². The molecule has 0 aromatic rings. The Balaban J connectivity index is 1.52. The van der Waals surface area contributed by atoms with Crippen molar-refractivity contribution in [3.05, 3.63) is 0 Å². The van der Waals surface area contributed by atoms with Crippen molar-refractivity contribution < 1.29 is 14.4 Å². The number of hydrogen-bond donors (Lipinski definition) is 2. The predicted molar refractivity (Wildman–Crippen MR) is 98.6 cm³/mol. The second-order valence-corrected chi connectivity index (χ2v) is 8.45. The molecule has 2 aliphatic heterocycles. The minimum Gasteiger partial charge on any atom is -0.351 e. The molecule has 3 aliphatic rings. The highest BCUT2D eigenvalue weighted by atomic mass is 16.2. The highest BCUT2D eigenvalue weighted by molar-refractivity contribution is 6.07. The van der Waals surface area contributed by atoms with Crippen LogP contribution in [-0.4, -0.2) is 64.9 Å². The van der Waals surface area contributed by atoms with Gasteiger partial charge in [0.25, 0.3) is 5.91 Å². The lowest BCUT2D eigenvalue weighted by atomic mass is 9.99. The third-order valence-corrected chi connectivity index (χ3v) is 6.16. The van der Waals surface area contributed by atoms with Crippen molar-refractivity contribution in [2.45, 2.75) is 82.8 Å². The van der Waals surface area contributed by atoms with E-state index in [0.29, 0.717) is 6.04 Å². The molecule has 26 heavy (non-hydrogen) atoms. The van der Waals surface area contributed by atoms with E-state index in [-0.39, 0.29) is 24.4 Å². The molecular formula is C19H32N4O3. The minimum atomic E-state index is -0.979. The molecule has 0 aromatic heterocycles. The van der Waals surface area contributed by atoms with Crippen molar-refractivity contribution in [1.82, 2.24) is 20.4 Å². The summed E-state index contributed by atoms with van der Waals surface area (Å²) in [4.78, 5) is 40.1. The first-order chi connectivity index (χ1) is 12.4. The average molecular weight is 364 g/mol. The molecule has 1 atom stereocenters. The highest BCUT2D eigenvalue weighted by Gasteiger charge is 2.46. The number of carbonyl (C=O) groups is 3. The van der Waals surface area contributed by atoms with Gasteiger partial charge in [-0.2, -0.15) is 0 Å². The summed E-state index contributed by atoms with van der Waals surface area (Å²) in [6.45, 7) is 5.26. The van der Waals surface area contributed by atoms with Gasteiger partial charge < -0.3 is 10.2 Å². The summed E-state index contributed by atoms with van der Waals surface area (Å²) >= 11 is 0. The number of nitrogens with zero attached hydrogens (tertiary/aromatic N) is 2. The van der Waals surface area contributed by atoms with Gasteiger partial charge in [0.05, 0.1) is 0 Å². The number of piperidine rings is 1. The Labute approximate surface area is 155 Å². The molecule has 1 aliphatic carbocycles. The number of hydrogen-bond acceptors (Lipinski definition) is 4. The molecule has 0 radical (unpaired) electrons. The monoisotopic (exact) mass is 364 g/mol. The van der Waals surface area contributed by atoms with Crippen molar-refractivity contribution in [3.63, 3.8) is 0 Å². The Bertz CT molecular complexity index is 555. The lowest BCUT2D eigenvalue weighted by Crippen LogP contribution is -2.54. The number of carbonyl (C=O) groups excluding carboxylic acids is 3. The molecule has 1 unspecified atom stereocenters. The molecule has 7 heteroatoms. The predicted octanol–water partition coefficient (Wildman–Crippen LogP) is 1.62. The summed E-state index contributed by atoms with van der Waals surface area (Å²) in [5.41, 5.74) is -0.979. The van der Waals surface area contributed by atoms with Gasteiger partial charge in [0.2, 0.25) is 5.91 Å². The second kappa shape index (κ2) is 7.94. The van der Waals surface area contributed by atoms with E-state index in [0.717, 1.165) is 25.9 Å². The van der Waals surface area contributed by atoms with Gasteiger partial charge in [-0.3, -0.25) is 19.8 Å². The van der Waals surface area contributed by atoms with E-state index in [1.165, 1.54) is 43.4 Å². The van der Waals surface area contributed by atoms with Gasteiger partial charge in [-0.1, -0.05) is 25.7 Å². The van der Waals surface area contributed by atoms with Gasteiger partial charge in [0.1, 0.15) is 12.1 Å². The number of nitrogens with one attached hydrogen (secondary N) is 2. The fourth-order valence-electron chi connectivity index (χ4n) is 4.46. The molecule has 0 aromatic carbocycles. The number of imide groups is 1. The largest absolute Gasteiger partial charge is 0.351 e. The van der Waals surface area contributed by atoms with Gasteiger partial charge in [-0.05, 0) is 46.1 Å². The van der Waals surface area contributed by atoms with Gasteiger partial charge in [-0.15, -0.1) is 0 Å². The molecule has 3 fully saturated rings. The van der Waals surface area contributed by atoms with Gasteiger partial charge in [0.15, 0.2) is 0 Å². The van der Waals surface area contributed by atoms with E-state index in [9.17, 15) is 14.4 Å². The van der Waals surface area contributed by atoms with E-state index < -0.39 is 11.6 Å². The van der Waals surface area contributed by atoms with Crippen LogP contribution in [0.1, 0.15) is 65.2 Å². The molecule has 2 heterocycles. The molecule has 1 saturated carbocycles. The molecule has 2 saturated heterocycles. The van der Waals surface area contributed by atoms with Crippen LogP contribution in [0.25, 0.3) is 0 Å². The smallest absolute Gasteiger partial charge is 0.325 e. The van der Waals surface area contributed by atoms with Gasteiger partial charge >= 0.3 is 6.03 Å². The molecule has 3 rings (SSSR count). The zero-order chi connectivity index (χ0) is 18.7. The van der Waals surface area contributed by atoms with Crippen LogP contribution in [0, 0.1) is 0 Å². The van der Waals surface area contributed by atoms with E-state index in [1.807, 2.05) is 0 Å². The standard InChI is InChI=1S/C19H32N4O3/c1-19(2)17(25)21-18(26)23(19)13-16(24)20-14-8-7-11-22(12-14)15-9-5-3-4-6-10-15/h14-15H,3-13H2,1-2H3,(H,20,24)(H,21,25,26). The molecular weight excluding hydrogens is 332 g/mol. The van der Waals surface area contributed by atoms with Crippen LogP contribution in [0.3, 0.4) is 0 Å². The third-order valence-electron chi connectivity index (χ3n) is 6.16. The van der Waals surface area contributed by atoms with Crippen LogP contribution < -0.4 is 10.6 Å². The maximum Gasteiger partial charge on any atom is 0.325 e. The van der Waals surface area contributed by atoms with E-state index in [4.69, 9.17) is 0 Å². The van der Waals surface area contributed by atoms with E-state index in [2.05, 4.69) is 15.5 Å². The van der Waals surface area contributed by atoms with Crippen molar-refractivity contribution in [2.75, 3.05) is 19.6 Å². The third kappa shape index (κ3) is 4.19. The Morgan fingerprint density at radius 3 is 2.42 bits per heavy atom. The van der Waals surface area contributed by atoms with E-state index in [1.54, 1.807) is 13.8 Å². The molecule has 4 amide bonds. The molecule has 146 valence electrons. The first-order valence-corrected chi connectivity index (χ1v) is 10.0. The summed E-state index contributed by atoms with van der Waals surface area (Å²) in [6.07, 6.45) is 9.92. The van der Waals surface area contributed by atoms with E-state index >= 15 is 0 Å². The zero-order valence-electron chi connectivity index (χ0n) is 16.1. The minimum absolute atomic E-state index is 0.0789. The summed E-state index contributed by atoms with van der Waals surface area (Å²) in [7, 11) is 0. The van der Waals surface area contributed by atoms with Crippen LogP contribution >= 0.6 is 0 Å². The Morgan fingerprint density at radius 1 is 1.12 bits per heavy atom. The lowest BCUT2D eigenvalue weighted by molar-refractivity contribution is -0.127. The van der Waals surface area contributed by atoms with Crippen LogP contribution in [0.15, 0.2) is 0 Å².